The highest BCUT2D eigenvalue weighted by molar-refractivity contribution is 7.88. The number of hydrogen-bond acceptors (Lipinski definition) is 2. The zero-order valence-electron chi connectivity index (χ0n) is 8.70. The Morgan fingerprint density at radius 1 is 1.33 bits per heavy atom. The van der Waals surface area contributed by atoms with Crippen molar-refractivity contribution in [1.29, 1.82) is 0 Å². The summed E-state index contributed by atoms with van der Waals surface area (Å²) >= 11 is 5.75. The molecule has 0 fully saturated rings. The van der Waals surface area contributed by atoms with Gasteiger partial charge in [-0.05, 0) is 24.1 Å². The first-order valence-electron chi connectivity index (χ1n) is 4.65. The number of rotatable bonds is 4. The van der Waals surface area contributed by atoms with Crippen LogP contribution in [0.3, 0.4) is 0 Å². The molecule has 0 bridgehead atoms. The second-order valence-corrected chi connectivity index (χ2v) is 5.62. The van der Waals surface area contributed by atoms with Crippen LogP contribution in [0.5, 0.6) is 0 Å². The van der Waals surface area contributed by atoms with Crippen molar-refractivity contribution in [3.63, 3.8) is 0 Å². The fourth-order valence-corrected chi connectivity index (χ4v) is 2.29. The van der Waals surface area contributed by atoms with Gasteiger partial charge in [0.1, 0.15) is 0 Å². The first-order chi connectivity index (χ1) is 6.92. The van der Waals surface area contributed by atoms with Crippen molar-refractivity contribution in [1.82, 2.24) is 4.72 Å². The van der Waals surface area contributed by atoms with E-state index in [2.05, 4.69) is 4.72 Å². The fraction of sp³-hybridized carbons (Fsp3) is 0.400. The largest absolute Gasteiger partial charge is 0.213 e. The highest BCUT2D eigenvalue weighted by Crippen LogP contribution is 2.19. The quantitative estimate of drug-likeness (QED) is 0.888. The van der Waals surface area contributed by atoms with Crippen molar-refractivity contribution >= 4 is 21.6 Å². The van der Waals surface area contributed by atoms with Gasteiger partial charge in [0.25, 0.3) is 0 Å². The van der Waals surface area contributed by atoms with Crippen LogP contribution in [0, 0.1) is 0 Å². The van der Waals surface area contributed by atoms with Gasteiger partial charge in [0.2, 0.25) is 10.0 Å². The molecule has 0 saturated heterocycles. The minimum atomic E-state index is -3.18. The summed E-state index contributed by atoms with van der Waals surface area (Å²) in [6.45, 7) is 1.93. The first-order valence-corrected chi connectivity index (χ1v) is 6.92. The van der Waals surface area contributed by atoms with Gasteiger partial charge in [-0.1, -0.05) is 30.7 Å². The number of benzene rings is 1. The van der Waals surface area contributed by atoms with Crippen LogP contribution in [-0.2, 0) is 10.0 Å². The Balaban J connectivity index is 2.88. The summed E-state index contributed by atoms with van der Waals surface area (Å²) in [7, 11) is -3.18. The maximum absolute atomic E-state index is 11.1. The molecule has 15 heavy (non-hydrogen) atoms. The predicted molar refractivity (Wildman–Crippen MR) is 62.5 cm³/mol. The van der Waals surface area contributed by atoms with E-state index < -0.39 is 10.0 Å². The van der Waals surface area contributed by atoms with Gasteiger partial charge in [-0.2, -0.15) is 0 Å². The molecule has 1 N–H and O–H groups in total. The lowest BCUT2D eigenvalue weighted by molar-refractivity contribution is 0.555. The monoisotopic (exact) mass is 247 g/mol. The first kappa shape index (κ1) is 12.5. The molecule has 0 saturated carbocycles. The molecule has 0 radical (unpaired) electrons. The van der Waals surface area contributed by atoms with E-state index in [4.69, 9.17) is 11.6 Å². The van der Waals surface area contributed by atoms with Gasteiger partial charge < -0.3 is 0 Å². The van der Waals surface area contributed by atoms with Crippen molar-refractivity contribution in [3.8, 4) is 0 Å². The van der Waals surface area contributed by atoms with Gasteiger partial charge in [-0.25, -0.2) is 13.1 Å². The molecule has 0 aromatic heterocycles. The Labute approximate surface area is 95.5 Å². The van der Waals surface area contributed by atoms with Gasteiger partial charge in [0.05, 0.1) is 6.26 Å². The molecule has 0 spiro atoms. The van der Waals surface area contributed by atoms with Gasteiger partial charge in [0.15, 0.2) is 0 Å². The zero-order valence-corrected chi connectivity index (χ0v) is 10.3. The second-order valence-electron chi connectivity index (χ2n) is 3.40. The molecule has 1 aromatic rings. The molecule has 1 rings (SSSR count). The Bertz CT molecular complexity index is 414. The van der Waals surface area contributed by atoms with Crippen LogP contribution in [-0.4, -0.2) is 14.7 Å². The van der Waals surface area contributed by atoms with E-state index in [1.165, 1.54) is 0 Å². The maximum Gasteiger partial charge on any atom is 0.209 e. The lowest BCUT2D eigenvalue weighted by Crippen LogP contribution is -2.26. The molecule has 1 unspecified atom stereocenters. The van der Waals surface area contributed by atoms with Crippen LogP contribution in [0.25, 0.3) is 0 Å². The summed E-state index contributed by atoms with van der Waals surface area (Å²) in [6.07, 6.45) is 1.86. The predicted octanol–water partition coefficient (Wildman–Crippen LogP) is 2.34. The standard InChI is InChI=1S/C10H14ClNO2S/c1-3-10(12-15(2,13)14)8-4-6-9(11)7-5-8/h4-7,10,12H,3H2,1-2H3. The molecule has 84 valence electrons. The molecular formula is C10H14ClNO2S. The molecule has 3 nitrogen and oxygen atoms in total. The van der Waals surface area contributed by atoms with Gasteiger partial charge in [-0.15, -0.1) is 0 Å². The third-order valence-corrected chi connectivity index (χ3v) is 3.00. The van der Waals surface area contributed by atoms with Crippen molar-refractivity contribution in [3.05, 3.63) is 34.9 Å². The number of hydrogen-bond donors (Lipinski definition) is 1. The van der Waals surface area contributed by atoms with Crippen LogP contribution in [0.2, 0.25) is 5.02 Å². The van der Waals surface area contributed by atoms with E-state index in [-0.39, 0.29) is 6.04 Å². The van der Waals surface area contributed by atoms with Gasteiger partial charge in [-0.3, -0.25) is 0 Å². The van der Waals surface area contributed by atoms with E-state index in [1.54, 1.807) is 12.1 Å². The van der Waals surface area contributed by atoms with Gasteiger partial charge in [0, 0.05) is 11.1 Å². The molecule has 0 heterocycles. The molecular weight excluding hydrogens is 234 g/mol. The Hall–Kier alpha value is -0.580. The average Bonchev–Trinajstić information content (AvgIpc) is 2.14. The topological polar surface area (TPSA) is 46.2 Å². The molecule has 5 heteroatoms. The van der Waals surface area contributed by atoms with Crippen molar-refractivity contribution < 1.29 is 8.42 Å². The Morgan fingerprint density at radius 2 is 1.87 bits per heavy atom. The molecule has 0 aliphatic heterocycles. The zero-order chi connectivity index (χ0) is 11.5. The Kier molecular flexibility index (Phi) is 4.13. The summed E-state index contributed by atoms with van der Waals surface area (Å²) < 4.78 is 24.8. The maximum atomic E-state index is 11.1. The van der Waals surface area contributed by atoms with E-state index in [1.807, 2.05) is 19.1 Å². The molecule has 1 aromatic carbocycles. The van der Waals surface area contributed by atoms with Crippen LogP contribution >= 0.6 is 11.6 Å². The number of halogens is 1. The molecule has 0 amide bonds. The summed E-state index contributed by atoms with van der Waals surface area (Å²) in [6, 6.07) is 6.98. The fourth-order valence-electron chi connectivity index (χ4n) is 1.34. The van der Waals surface area contributed by atoms with Crippen LogP contribution in [0.15, 0.2) is 24.3 Å². The lowest BCUT2D eigenvalue weighted by Gasteiger charge is -2.15. The third kappa shape index (κ3) is 4.20. The van der Waals surface area contributed by atoms with Crippen molar-refractivity contribution in [2.75, 3.05) is 6.26 Å². The second kappa shape index (κ2) is 4.96. The summed E-state index contributed by atoms with van der Waals surface area (Å²) in [4.78, 5) is 0. The highest BCUT2D eigenvalue weighted by atomic mass is 35.5. The van der Waals surface area contributed by atoms with Crippen molar-refractivity contribution in [2.24, 2.45) is 0 Å². The Morgan fingerprint density at radius 3 is 2.27 bits per heavy atom. The molecule has 1 atom stereocenters. The van der Waals surface area contributed by atoms with E-state index in [9.17, 15) is 8.42 Å². The lowest BCUT2D eigenvalue weighted by atomic mass is 10.1. The van der Waals surface area contributed by atoms with Crippen LogP contribution in [0.1, 0.15) is 24.9 Å². The average molecular weight is 248 g/mol. The van der Waals surface area contributed by atoms with Crippen LogP contribution < -0.4 is 4.72 Å². The van der Waals surface area contributed by atoms with Crippen LogP contribution in [0.4, 0.5) is 0 Å². The normalized spacial score (nSPS) is 13.8. The van der Waals surface area contributed by atoms with Crippen molar-refractivity contribution in [2.45, 2.75) is 19.4 Å². The van der Waals surface area contributed by atoms with E-state index in [0.29, 0.717) is 11.4 Å². The van der Waals surface area contributed by atoms with E-state index >= 15 is 0 Å². The summed E-state index contributed by atoms with van der Waals surface area (Å²) in [5.74, 6) is 0. The third-order valence-electron chi connectivity index (χ3n) is 2.04. The minimum absolute atomic E-state index is 0.183. The molecule has 0 aliphatic carbocycles. The van der Waals surface area contributed by atoms with E-state index in [0.717, 1.165) is 11.8 Å². The smallest absolute Gasteiger partial charge is 0.209 e. The summed E-state index contributed by atoms with van der Waals surface area (Å²) in [5.41, 5.74) is 0.923. The number of sulfonamides is 1. The van der Waals surface area contributed by atoms with Gasteiger partial charge >= 0.3 is 0 Å². The highest BCUT2D eigenvalue weighted by Gasteiger charge is 2.13. The molecule has 0 aliphatic rings. The minimum Gasteiger partial charge on any atom is -0.213 e. The SMILES string of the molecule is CCC(NS(C)(=O)=O)c1ccc(Cl)cc1. The number of nitrogens with one attached hydrogen (secondary N) is 1. The summed E-state index contributed by atoms with van der Waals surface area (Å²) in [5, 5.41) is 0.646.